The summed E-state index contributed by atoms with van der Waals surface area (Å²) in [5.74, 6) is 1.57. The van der Waals surface area contributed by atoms with Crippen LogP contribution >= 0.6 is 0 Å². The van der Waals surface area contributed by atoms with Crippen LogP contribution in [0.5, 0.6) is 0 Å². The number of ether oxygens (including phenoxy) is 2. The van der Waals surface area contributed by atoms with Crippen molar-refractivity contribution in [2.75, 3.05) is 6.54 Å². The van der Waals surface area contributed by atoms with Gasteiger partial charge in [0.1, 0.15) is 28.4 Å². The predicted octanol–water partition coefficient (Wildman–Crippen LogP) is 9.90. The van der Waals surface area contributed by atoms with Crippen molar-refractivity contribution in [1.82, 2.24) is 30.2 Å². The van der Waals surface area contributed by atoms with Gasteiger partial charge in [-0.1, -0.05) is 48.5 Å². The highest BCUT2D eigenvalue weighted by molar-refractivity contribution is 6.05. The monoisotopic (exact) mass is 698 g/mol. The number of aromatic amines is 2. The topological polar surface area (TPSA) is 125 Å². The van der Waals surface area contributed by atoms with Gasteiger partial charge in [0.05, 0.1) is 28.1 Å². The first-order valence-corrected chi connectivity index (χ1v) is 18.3. The number of imidazole rings is 2. The molecule has 6 aromatic rings. The molecule has 10 nitrogen and oxygen atoms in total. The first kappa shape index (κ1) is 33.7. The molecule has 1 saturated carbocycles. The maximum Gasteiger partial charge on any atom is 0.410 e. The lowest BCUT2D eigenvalue weighted by Crippen LogP contribution is -2.52. The fourth-order valence-electron chi connectivity index (χ4n) is 7.47. The van der Waals surface area contributed by atoms with Crippen LogP contribution in [0.3, 0.4) is 0 Å². The number of nitrogens with one attached hydrogen (secondary N) is 3. The van der Waals surface area contributed by atoms with Gasteiger partial charge in [0.15, 0.2) is 0 Å². The summed E-state index contributed by atoms with van der Waals surface area (Å²) in [7, 11) is 0. The number of hydrogen-bond donors (Lipinski definition) is 3. The summed E-state index contributed by atoms with van der Waals surface area (Å²) in [6.07, 6.45) is 3.70. The van der Waals surface area contributed by atoms with Crippen molar-refractivity contribution in [2.45, 2.75) is 96.4 Å². The number of hydrogen-bond acceptors (Lipinski definition) is 6. The SMILES string of the molecule is CC(C)(C)OC(=O)NC1(c2nc3c(ccc4cc(-c5ccc(-c6ccc7nc([C@@H]8CCCN8C(=O)OC(C)(C)C)[nH]c7c6)cc5)ccc43)[nH]2)CCC1. The van der Waals surface area contributed by atoms with E-state index >= 15 is 0 Å². The quantitative estimate of drug-likeness (QED) is 0.165. The number of nitrogens with zero attached hydrogens (tertiary/aromatic N) is 3. The van der Waals surface area contributed by atoms with Crippen LogP contribution in [0, 0.1) is 0 Å². The predicted molar refractivity (Wildman–Crippen MR) is 204 cm³/mol. The second-order valence-electron chi connectivity index (χ2n) is 16.3. The van der Waals surface area contributed by atoms with Crippen LogP contribution in [-0.4, -0.2) is 54.8 Å². The highest BCUT2D eigenvalue weighted by Gasteiger charge is 2.44. The molecular formula is C42H46N6O4. The molecule has 1 saturated heterocycles. The number of benzene rings is 4. The first-order valence-electron chi connectivity index (χ1n) is 18.3. The van der Waals surface area contributed by atoms with E-state index in [-0.39, 0.29) is 12.1 Å². The Hall–Kier alpha value is -5.38. The lowest BCUT2D eigenvalue weighted by atomic mass is 9.76. The summed E-state index contributed by atoms with van der Waals surface area (Å²) in [6, 6.07) is 25.4. The number of fused-ring (bicyclic) bond motifs is 4. The maximum absolute atomic E-state index is 12.9. The molecule has 4 aromatic carbocycles. The number of H-pyrrole nitrogens is 2. The van der Waals surface area contributed by atoms with Crippen molar-refractivity contribution in [3.63, 3.8) is 0 Å². The minimum atomic E-state index is -0.569. The van der Waals surface area contributed by atoms with E-state index in [9.17, 15) is 9.59 Å². The zero-order valence-corrected chi connectivity index (χ0v) is 30.7. The number of rotatable bonds is 5. The summed E-state index contributed by atoms with van der Waals surface area (Å²) in [5, 5.41) is 5.28. The molecule has 10 heteroatoms. The van der Waals surface area contributed by atoms with E-state index in [0.29, 0.717) is 6.54 Å². The molecule has 1 atom stereocenters. The van der Waals surface area contributed by atoms with Crippen molar-refractivity contribution in [1.29, 1.82) is 0 Å². The van der Waals surface area contributed by atoms with Crippen molar-refractivity contribution in [2.24, 2.45) is 0 Å². The van der Waals surface area contributed by atoms with Crippen LogP contribution in [0.1, 0.15) is 91.3 Å². The van der Waals surface area contributed by atoms with Gasteiger partial charge in [-0.3, -0.25) is 4.90 Å². The Balaban J connectivity index is 1.01. The van der Waals surface area contributed by atoms with Gasteiger partial charge in [0.25, 0.3) is 0 Å². The van der Waals surface area contributed by atoms with E-state index < -0.39 is 22.8 Å². The molecule has 0 radical (unpaired) electrons. The number of amides is 2. The van der Waals surface area contributed by atoms with Gasteiger partial charge in [-0.25, -0.2) is 19.6 Å². The summed E-state index contributed by atoms with van der Waals surface area (Å²) >= 11 is 0. The number of carbonyl (C=O) groups excluding carboxylic acids is 2. The highest BCUT2D eigenvalue weighted by Crippen LogP contribution is 2.42. The Bertz CT molecular complexity index is 2320. The molecule has 268 valence electrons. The molecule has 2 aliphatic rings. The van der Waals surface area contributed by atoms with Crippen LogP contribution in [0.15, 0.2) is 72.8 Å². The van der Waals surface area contributed by atoms with Crippen molar-refractivity contribution < 1.29 is 19.1 Å². The molecule has 1 aliphatic heterocycles. The van der Waals surface area contributed by atoms with Gasteiger partial charge in [-0.05, 0) is 126 Å². The lowest BCUT2D eigenvalue weighted by Gasteiger charge is -2.40. The third-order valence-corrected chi connectivity index (χ3v) is 10.1. The van der Waals surface area contributed by atoms with Gasteiger partial charge >= 0.3 is 12.2 Å². The summed E-state index contributed by atoms with van der Waals surface area (Å²) in [6.45, 7) is 11.9. The number of aromatic nitrogens is 4. The van der Waals surface area contributed by atoms with Crippen molar-refractivity contribution in [3.05, 3.63) is 84.4 Å². The van der Waals surface area contributed by atoms with E-state index in [1.807, 2.05) is 47.6 Å². The second kappa shape index (κ2) is 12.4. The third kappa shape index (κ3) is 6.46. The molecule has 3 N–H and O–H groups in total. The minimum Gasteiger partial charge on any atom is -0.444 e. The second-order valence-corrected chi connectivity index (χ2v) is 16.3. The molecule has 0 unspecified atom stereocenters. The summed E-state index contributed by atoms with van der Waals surface area (Å²) < 4.78 is 11.2. The summed E-state index contributed by atoms with van der Waals surface area (Å²) in [5.41, 5.74) is 6.45. The number of alkyl carbamates (subject to hydrolysis) is 1. The number of likely N-dealkylation sites (tertiary alicyclic amines) is 1. The molecule has 0 spiro atoms. The van der Waals surface area contributed by atoms with Crippen molar-refractivity contribution in [3.8, 4) is 22.3 Å². The Morgan fingerprint density at radius 2 is 1.44 bits per heavy atom. The van der Waals surface area contributed by atoms with Crippen LogP contribution in [0.4, 0.5) is 9.59 Å². The third-order valence-electron chi connectivity index (χ3n) is 10.1. The minimum absolute atomic E-state index is 0.126. The van der Waals surface area contributed by atoms with Gasteiger partial charge in [0.2, 0.25) is 0 Å². The van der Waals surface area contributed by atoms with Crippen molar-refractivity contribution >= 4 is 45.0 Å². The van der Waals surface area contributed by atoms with E-state index in [2.05, 4.69) is 82.0 Å². The maximum atomic E-state index is 12.9. The molecular weight excluding hydrogens is 652 g/mol. The zero-order chi connectivity index (χ0) is 36.4. The molecule has 8 rings (SSSR count). The smallest absolute Gasteiger partial charge is 0.410 e. The molecule has 1 aliphatic carbocycles. The van der Waals surface area contributed by atoms with E-state index in [0.717, 1.165) is 98.8 Å². The molecule has 52 heavy (non-hydrogen) atoms. The zero-order valence-electron chi connectivity index (χ0n) is 30.7. The van der Waals surface area contributed by atoms with E-state index in [1.54, 1.807) is 4.90 Å². The molecule has 2 fully saturated rings. The molecule has 2 amide bonds. The van der Waals surface area contributed by atoms with Gasteiger partial charge < -0.3 is 24.8 Å². The van der Waals surface area contributed by atoms with E-state index in [4.69, 9.17) is 19.4 Å². The van der Waals surface area contributed by atoms with Gasteiger partial charge in [-0.15, -0.1) is 0 Å². The standard InChI is InChI=1S/C42H46N6O4/c1-40(2,3)51-38(49)47-42(20-8-21-42)37-45-32-19-16-29-23-27(14-17-30(29)35(32)46-37)25-10-12-26(13-11-25)28-15-18-31-33(24-28)44-36(43-31)34-9-7-22-48(34)39(50)52-41(4,5)6/h10-19,23-24,34H,7-9,20-22H2,1-6H3,(H,43,44)(H,45,46)(H,47,49)/t34-/m0/s1. The molecule has 3 heterocycles. The highest BCUT2D eigenvalue weighted by atomic mass is 16.6. The average Bonchev–Trinajstić information content (AvgIpc) is 3.82. The Morgan fingerprint density at radius 1 is 0.769 bits per heavy atom. The first-order chi connectivity index (χ1) is 24.7. The Kier molecular flexibility index (Phi) is 8.04. The number of carbonyl (C=O) groups is 2. The van der Waals surface area contributed by atoms with Gasteiger partial charge in [-0.2, -0.15) is 0 Å². The largest absolute Gasteiger partial charge is 0.444 e. The van der Waals surface area contributed by atoms with Crippen LogP contribution in [-0.2, 0) is 15.0 Å². The Labute approximate surface area is 303 Å². The lowest BCUT2D eigenvalue weighted by molar-refractivity contribution is 0.0218. The fraction of sp³-hybridized carbons (Fsp3) is 0.381. The molecule has 2 aromatic heterocycles. The normalized spacial score (nSPS) is 17.4. The van der Waals surface area contributed by atoms with Crippen LogP contribution < -0.4 is 5.32 Å². The average molecular weight is 699 g/mol. The van der Waals surface area contributed by atoms with Crippen LogP contribution in [0.2, 0.25) is 0 Å². The Morgan fingerprint density at radius 3 is 2.12 bits per heavy atom. The molecule has 0 bridgehead atoms. The van der Waals surface area contributed by atoms with E-state index in [1.165, 1.54) is 0 Å². The summed E-state index contributed by atoms with van der Waals surface area (Å²) in [4.78, 5) is 44.3. The fourth-order valence-corrected chi connectivity index (χ4v) is 7.47. The van der Waals surface area contributed by atoms with Crippen LogP contribution in [0.25, 0.3) is 55.1 Å². The van der Waals surface area contributed by atoms with Gasteiger partial charge in [0, 0.05) is 11.9 Å².